The molecule has 6 nitrogen and oxygen atoms in total. The lowest BCUT2D eigenvalue weighted by Crippen LogP contribution is -2.36. The minimum absolute atomic E-state index is 0.0329. The Bertz CT molecular complexity index is 638. The van der Waals surface area contributed by atoms with Crippen molar-refractivity contribution in [2.75, 3.05) is 7.05 Å². The number of oxazole rings is 1. The molecule has 2 aromatic heterocycles. The van der Waals surface area contributed by atoms with E-state index >= 15 is 0 Å². The molecule has 0 fully saturated rings. The SMILES string of the molecule is CN=C(NCc1ncc(C(C)(C)C)o1)NCc1scnc1C. The fourth-order valence-corrected chi connectivity index (χ4v) is 2.50. The van der Waals surface area contributed by atoms with Crippen molar-refractivity contribution in [2.24, 2.45) is 4.99 Å². The van der Waals surface area contributed by atoms with E-state index in [1.54, 1.807) is 24.6 Å². The zero-order chi connectivity index (χ0) is 16.2. The summed E-state index contributed by atoms with van der Waals surface area (Å²) in [4.78, 5) is 13.9. The van der Waals surface area contributed by atoms with E-state index in [-0.39, 0.29) is 5.41 Å². The highest BCUT2D eigenvalue weighted by molar-refractivity contribution is 7.09. The van der Waals surface area contributed by atoms with E-state index in [0.717, 1.165) is 11.5 Å². The fraction of sp³-hybridized carbons (Fsp3) is 0.533. The van der Waals surface area contributed by atoms with Gasteiger partial charge in [0.15, 0.2) is 5.96 Å². The minimum Gasteiger partial charge on any atom is -0.443 e. The molecule has 0 bridgehead atoms. The largest absolute Gasteiger partial charge is 0.443 e. The molecule has 7 heteroatoms. The highest BCUT2D eigenvalue weighted by Gasteiger charge is 2.19. The third-order valence-corrected chi connectivity index (χ3v) is 4.12. The van der Waals surface area contributed by atoms with Crippen LogP contribution in [0.3, 0.4) is 0 Å². The maximum absolute atomic E-state index is 5.75. The molecule has 2 rings (SSSR count). The van der Waals surface area contributed by atoms with Gasteiger partial charge in [-0.25, -0.2) is 9.97 Å². The highest BCUT2D eigenvalue weighted by Crippen LogP contribution is 2.22. The Morgan fingerprint density at radius 1 is 1.27 bits per heavy atom. The molecule has 0 radical (unpaired) electrons. The van der Waals surface area contributed by atoms with Crippen molar-refractivity contribution in [3.63, 3.8) is 0 Å². The highest BCUT2D eigenvalue weighted by atomic mass is 32.1. The average Bonchev–Trinajstić information content (AvgIpc) is 3.08. The molecule has 0 aliphatic rings. The Hall–Kier alpha value is -1.89. The van der Waals surface area contributed by atoms with Crippen LogP contribution in [0.2, 0.25) is 0 Å². The second-order valence-corrected chi connectivity index (χ2v) is 6.95. The molecule has 0 unspecified atom stereocenters. The first-order chi connectivity index (χ1) is 10.4. The summed E-state index contributed by atoms with van der Waals surface area (Å²) in [5, 5.41) is 6.46. The topological polar surface area (TPSA) is 75.3 Å². The van der Waals surface area contributed by atoms with Crippen molar-refractivity contribution in [3.05, 3.63) is 33.9 Å². The van der Waals surface area contributed by atoms with E-state index in [2.05, 4.69) is 46.4 Å². The zero-order valence-electron chi connectivity index (χ0n) is 13.7. The molecule has 2 N–H and O–H groups in total. The van der Waals surface area contributed by atoms with Crippen molar-refractivity contribution in [1.29, 1.82) is 0 Å². The van der Waals surface area contributed by atoms with Crippen LogP contribution in [-0.2, 0) is 18.5 Å². The van der Waals surface area contributed by atoms with Gasteiger partial charge in [-0.15, -0.1) is 11.3 Å². The number of hydrogen-bond acceptors (Lipinski definition) is 5. The van der Waals surface area contributed by atoms with Crippen molar-refractivity contribution in [3.8, 4) is 0 Å². The number of thiazole rings is 1. The van der Waals surface area contributed by atoms with Crippen molar-refractivity contribution in [2.45, 2.75) is 46.2 Å². The normalized spacial score (nSPS) is 12.5. The molecule has 0 spiro atoms. The first-order valence-corrected chi connectivity index (χ1v) is 8.07. The van der Waals surface area contributed by atoms with Gasteiger partial charge in [-0.2, -0.15) is 0 Å². The molecular formula is C15H23N5OS. The summed E-state index contributed by atoms with van der Waals surface area (Å²) < 4.78 is 5.75. The second kappa shape index (κ2) is 6.91. The molecular weight excluding hydrogens is 298 g/mol. The van der Waals surface area contributed by atoms with Gasteiger partial charge in [0.2, 0.25) is 5.89 Å². The van der Waals surface area contributed by atoms with Crippen LogP contribution in [0.15, 0.2) is 21.1 Å². The maximum Gasteiger partial charge on any atom is 0.213 e. The van der Waals surface area contributed by atoms with Crippen LogP contribution >= 0.6 is 11.3 Å². The Morgan fingerprint density at radius 2 is 2.00 bits per heavy atom. The first-order valence-electron chi connectivity index (χ1n) is 7.19. The standard InChI is InChI=1S/C15H23N5OS/c1-10-11(22-9-20-10)6-18-14(16-5)19-8-13-17-7-12(21-13)15(2,3)4/h7,9H,6,8H2,1-5H3,(H2,16,18,19). The number of rotatable bonds is 4. The monoisotopic (exact) mass is 321 g/mol. The maximum atomic E-state index is 5.75. The second-order valence-electron chi connectivity index (χ2n) is 6.01. The molecule has 2 aromatic rings. The lowest BCUT2D eigenvalue weighted by Gasteiger charge is -2.13. The Kier molecular flexibility index (Phi) is 5.18. The van der Waals surface area contributed by atoms with Crippen LogP contribution in [0.5, 0.6) is 0 Å². The van der Waals surface area contributed by atoms with E-state index in [1.165, 1.54) is 4.88 Å². The Morgan fingerprint density at radius 3 is 2.55 bits per heavy atom. The number of hydrogen-bond donors (Lipinski definition) is 2. The van der Waals surface area contributed by atoms with E-state index in [9.17, 15) is 0 Å². The molecule has 2 heterocycles. The van der Waals surface area contributed by atoms with E-state index in [0.29, 0.717) is 24.9 Å². The summed E-state index contributed by atoms with van der Waals surface area (Å²) in [6.07, 6.45) is 1.79. The van der Waals surface area contributed by atoms with Gasteiger partial charge in [0, 0.05) is 17.3 Å². The van der Waals surface area contributed by atoms with Crippen LogP contribution in [0.1, 0.15) is 43.0 Å². The molecule has 0 amide bonds. The average molecular weight is 321 g/mol. The molecule has 22 heavy (non-hydrogen) atoms. The smallest absolute Gasteiger partial charge is 0.213 e. The van der Waals surface area contributed by atoms with Crippen molar-refractivity contribution < 1.29 is 4.42 Å². The molecule has 0 saturated heterocycles. The molecule has 0 saturated carbocycles. The number of nitrogens with zero attached hydrogens (tertiary/aromatic N) is 3. The van der Waals surface area contributed by atoms with Gasteiger partial charge in [-0.1, -0.05) is 20.8 Å². The number of aryl methyl sites for hydroxylation is 1. The number of nitrogens with one attached hydrogen (secondary N) is 2. The van der Waals surface area contributed by atoms with Gasteiger partial charge < -0.3 is 15.1 Å². The van der Waals surface area contributed by atoms with Crippen LogP contribution in [0.25, 0.3) is 0 Å². The summed E-state index contributed by atoms with van der Waals surface area (Å²) in [6.45, 7) is 9.50. The predicted molar refractivity (Wildman–Crippen MR) is 89.1 cm³/mol. The lowest BCUT2D eigenvalue weighted by molar-refractivity contribution is 0.379. The first kappa shape index (κ1) is 16.5. The molecule has 0 aliphatic heterocycles. The molecule has 0 atom stereocenters. The van der Waals surface area contributed by atoms with E-state index in [1.807, 2.05) is 12.4 Å². The van der Waals surface area contributed by atoms with Gasteiger partial charge in [-0.3, -0.25) is 4.99 Å². The summed E-state index contributed by atoms with van der Waals surface area (Å²) >= 11 is 1.64. The van der Waals surface area contributed by atoms with Gasteiger partial charge in [0.1, 0.15) is 5.76 Å². The van der Waals surface area contributed by atoms with Crippen LogP contribution in [0.4, 0.5) is 0 Å². The summed E-state index contributed by atoms with van der Waals surface area (Å²) in [5.74, 6) is 2.25. The van der Waals surface area contributed by atoms with E-state index < -0.39 is 0 Å². The lowest BCUT2D eigenvalue weighted by atomic mass is 9.94. The van der Waals surface area contributed by atoms with Gasteiger partial charge in [0.05, 0.1) is 30.5 Å². The fourth-order valence-electron chi connectivity index (χ4n) is 1.78. The zero-order valence-corrected chi connectivity index (χ0v) is 14.5. The molecule has 120 valence electrons. The third kappa shape index (κ3) is 4.30. The Balaban J connectivity index is 1.86. The van der Waals surface area contributed by atoms with Crippen LogP contribution < -0.4 is 10.6 Å². The Labute approximate surface area is 135 Å². The molecule has 0 aliphatic carbocycles. The number of guanidine groups is 1. The minimum atomic E-state index is -0.0329. The number of aromatic nitrogens is 2. The summed E-state index contributed by atoms with van der Waals surface area (Å²) in [6, 6.07) is 0. The van der Waals surface area contributed by atoms with Gasteiger partial charge >= 0.3 is 0 Å². The van der Waals surface area contributed by atoms with Crippen molar-refractivity contribution in [1.82, 2.24) is 20.6 Å². The van der Waals surface area contributed by atoms with Gasteiger partial charge in [-0.05, 0) is 6.92 Å². The quantitative estimate of drug-likeness (QED) is 0.669. The van der Waals surface area contributed by atoms with Gasteiger partial charge in [0.25, 0.3) is 0 Å². The van der Waals surface area contributed by atoms with Crippen LogP contribution in [0, 0.1) is 6.92 Å². The number of aliphatic imine (C=N–C) groups is 1. The van der Waals surface area contributed by atoms with Crippen LogP contribution in [-0.4, -0.2) is 23.0 Å². The summed E-state index contributed by atoms with van der Waals surface area (Å²) in [5.41, 5.74) is 2.87. The molecule has 0 aromatic carbocycles. The third-order valence-electron chi connectivity index (χ3n) is 3.18. The summed E-state index contributed by atoms with van der Waals surface area (Å²) in [7, 11) is 1.74. The van der Waals surface area contributed by atoms with Crippen molar-refractivity contribution >= 4 is 17.3 Å². The van der Waals surface area contributed by atoms with E-state index in [4.69, 9.17) is 4.42 Å². The predicted octanol–water partition coefficient (Wildman–Crippen LogP) is 2.60.